The second-order valence-electron chi connectivity index (χ2n) is 4.43. The second-order valence-corrected chi connectivity index (χ2v) is 4.84. The first kappa shape index (κ1) is 14.0. The molecule has 0 spiro atoms. The van der Waals surface area contributed by atoms with E-state index in [2.05, 4.69) is 18.6 Å². The third-order valence-corrected chi connectivity index (χ3v) is 3.50. The number of hydrogen-bond donors (Lipinski definition) is 0. The molecule has 0 saturated carbocycles. The van der Waals surface area contributed by atoms with Gasteiger partial charge in [0.15, 0.2) is 0 Å². The van der Waals surface area contributed by atoms with Crippen molar-refractivity contribution in [2.75, 3.05) is 7.11 Å². The van der Waals surface area contributed by atoms with Gasteiger partial charge < -0.3 is 4.74 Å². The van der Waals surface area contributed by atoms with Crippen LogP contribution in [0.5, 0.6) is 5.75 Å². The quantitative estimate of drug-likeness (QED) is 0.692. The molecule has 0 N–H and O–H groups in total. The number of halogens is 1. The molecule has 1 nitrogen and oxygen atoms in total. The SMILES string of the molecule is COc1ccccc1C[CH]CCc1ccccc1Cl. The van der Waals surface area contributed by atoms with Crippen molar-refractivity contribution in [3.63, 3.8) is 0 Å². The summed E-state index contributed by atoms with van der Waals surface area (Å²) < 4.78 is 5.34. The lowest BCUT2D eigenvalue weighted by Crippen LogP contribution is -1.94. The maximum atomic E-state index is 6.13. The highest BCUT2D eigenvalue weighted by atomic mass is 35.5. The highest BCUT2D eigenvalue weighted by molar-refractivity contribution is 6.31. The van der Waals surface area contributed by atoms with E-state index in [0.717, 1.165) is 30.0 Å². The molecule has 2 aromatic rings. The molecule has 0 bridgehead atoms. The fourth-order valence-electron chi connectivity index (χ4n) is 2.09. The van der Waals surface area contributed by atoms with E-state index in [1.165, 1.54) is 11.1 Å². The van der Waals surface area contributed by atoms with Crippen molar-refractivity contribution >= 4 is 11.6 Å². The minimum atomic E-state index is 0.855. The molecular formula is C17H18ClO. The Balaban J connectivity index is 1.83. The van der Waals surface area contributed by atoms with Crippen LogP contribution in [0.25, 0.3) is 0 Å². The van der Waals surface area contributed by atoms with Gasteiger partial charge in [0.05, 0.1) is 7.11 Å². The number of methoxy groups -OCH3 is 1. The normalized spacial score (nSPS) is 10.4. The van der Waals surface area contributed by atoms with Crippen molar-refractivity contribution in [1.82, 2.24) is 0 Å². The zero-order valence-corrected chi connectivity index (χ0v) is 11.9. The maximum Gasteiger partial charge on any atom is 0.122 e. The molecule has 0 fully saturated rings. The highest BCUT2D eigenvalue weighted by Gasteiger charge is 2.02. The molecule has 0 atom stereocenters. The van der Waals surface area contributed by atoms with Crippen molar-refractivity contribution in [3.05, 3.63) is 71.1 Å². The van der Waals surface area contributed by atoms with Gasteiger partial charge in [-0.05, 0) is 48.9 Å². The van der Waals surface area contributed by atoms with Crippen molar-refractivity contribution in [3.8, 4) is 5.75 Å². The molecule has 2 heteroatoms. The number of aryl methyl sites for hydroxylation is 1. The predicted molar refractivity (Wildman–Crippen MR) is 80.8 cm³/mol. The predicted octanol–water partition coefficient (Wildman–Crippen LogP) is 4.73. The Morgan fingerprint density at radius 3 is 2.42 bits per heavy atom. The average molecular weight is 274 g/mol. The van der Waals surface area contributed by atoms with Crippen molar-refractivity contribution in [1.29, 1.82) is 0 Å². The van der Waals surface area contributed by atoms with Crippen molar-refractivity contribution in [2.24, 2.45) is 0 Å². The lowest BCUT2D eigenvalue weighted by molar-refractivity contribution is 0.410. The smallest absolute Gasteiger partial charge is 0.122 e. The van der Waals surface area contributed by atoms with Gasteiger partial charge >= 0.3 is 0 Å². The fourth-order valence-corrected chi connectivity index (χ4v) is 2.32. The van der Waals surface area contributed by atoms with Gasteiger partial charge in [0.1, 0.15) is 5.75 Å². The summed E-state index contributed by atoms with van der Waals surface area (Å²) in [5.74, 6) is 0.955. The monoisotopic (exact) mass is 273 g/mol. The maximum absolute atomic E-state index is 6.13. The number of benzene rings is 2. The van der Waals surface area contributed by atoms with Crippen LogP contribution in [-0.4, -0.2) is 7.11 Å². The molecule has 0 amide bonds. The Morgan fingerprint density at radius 2 is 1.68 bits per heavy atom. The average Bonchev–Trinajstić information content (AvgIpc) is 2.45. The fraction of sp³-hybridized carbons (Fsp3) is 0.235. The number of para-hydroxylation sites is 1. The number of ether oxygens (including phenoxy) is 1. The summed E-state index contributed by atoms with van der Waals surface area (Å²) in [6, 6.07) is 16.1. The lowest BCUT2D eigenvalue weighted by atomic mass is 10.0. The van der Waals surface area contributed by atoms with E-state index in [-0.39, 0.29) is 0 Å². The summed E-state index contributed by atoms with van der Waals surface area (Å²) in [6.07, 6.45) is 5.20. The Morgan fingerprint density at radius 1 is 1.00 bits per heavy atom. The van der Waals surface area contributed by atoms with E-state index >= 15 is 0 Å². The van der Waals surface area contributed by atoms with Crippen LogP contribution in [0.3, 0.4) is 0 Å². The number of unbranched alkanes of at least 4 members (excludes halogenated alkanes) is 1. The van der Waals surface area contributed by atoms with Crippen LogP contribution in [-0.2, 0) is 12.8 Å². The first-order chi connectivity index (χ1) is 9.31. The third kappa shape index (κ3) is 4.00. The molecule has 0 saturated heterocycles. The number of rotatable bonds is 6. The Bertz CT molecular complexity index is 522. The summed E-state index contributed by atoms with van der Waals surface area (Å²) in [6.45, 7) is 0. The van der Waals surface area contributed by atoms with Gasteiger partial charge in [0.2, 0.25) is 0 Å². The zero-order chi connectivity index (χ0) is 13.5. The van der Waals surface area contributed by atoms with Crippen molar-refractivity contribution < 1.29 is 4.74 Å². The van der Waals surface area contributed by atoms with E-state index in [1.807, 2.05) is 36.4 Å². The molecule has 2 rings (SSSR count). The van der Waals surface area contributed by atoms with Crippen LogP contribution >= 0.6 is 11.6 Å². The molecule has 0 aliphatic carbocycles. The van der Waals surface area contributed by atoms with Crippen LogP contribution in [0, 0.1) is 6.42 Å². The van der Waals surface area contributed by atoms with Gasteiger partial charge in [-0.25, -0.2) is 0 Å². The second kappa shape index (κ2) is 7.20. The zero-order valence-electron chi connectivity index (χ0n) is 11.1. The molecular weight excluding hydrogens is 256 g/mol. The van der Waals surface area contributed by atoms with Crippen LogP contribution < -0.4 is 4.74 Å². The van der Waals surface area contributed by atoms with Gasteiger partial charge in [-0.1, -0.05) is 48.0 Å². The topological polar surface area (TPSA) is 9.23 Å². The summed E-state index contributed by atoms with van der Waals surface area (Å²) >= 11 is 6.13. The number of hydrogen-bond acceptors (Lipinski definition) is 1. The molecule has 0 aliphatic heterocycles. The van der Waals surface area contributed by atoms with E-state index < -0.39 is 0 Å². The minimum Gasteiger partial charge on any atom is -0.496 e. The van der Waals surface area contributed by atoms with Gasteiger partial charge in [0.25, 0.3) is 0 Å². The third-order valence-electron chi connectivity index (χ3n) is 3.13. The van der Waals surface area contributed by atoms with Crippen LogP contribution in [0.15, 0.2) is 48.5 Å². The van der Waals surface area contributed by atoms with Gasteiger partial charge in [-0.15, -0.1) is 0 Å². The first-order valence-corrected chi connectivity index (χ1v) is 6.86. The van der Waals surface area contributed by atoms with Crippen LogP contribution in [0.2, 0.25) is 5.02 Å². The summed E-state index contributed by atoms with van der Waals surface area (Å²) in [5.41, 5.74) is 2.43. The van der Waals surface area contributed by atoms with E-state index in [9.17, 15) is 0 Å². The molecule has 2 aromatic carbocycles. The Kier molecular flexibility index (Phi) is 5.29. The standard InChI is InChI=1S/C17H18ClO/c1-19-17-13-7-5-11-15(17)10-3-2-8-14-9-4-6-12-16(14)18/h3-7,9,11-13H,2,8,10H2,1H3. The molecule has 0 aromatic heterocycles. The van der Waals surface area contributed by atoms with Crippen LogP contribution in [0.4, 0.5) is 0 Å². The lowest BCUT2D eigenvalue weighted by Gasteiger charge is -2.08. The van der Waals surface area contributed by atoms with Crippen molar-refractivity contribution in [2.45, 2.75) is 19.3 Å². The molecule has 1 radical (unpaired) electrons. The summed E-state index contributed by atoms with van der Waals surface area (Å²) in [4.78, 5) is 0. The Hall–Kier alpha value is -1.47. The Labute approximate surface area is 120 Å². The first-order valence-electron chi connectivity index (χ1n) is 6.48. The van der Waals surface area contributed by atoms with Gasteiger partial charge in [-0.3, -0.25) is 0 Å². The molecule has 0 aliphatic rings. The minimum absolute atomic E-state index is 0.855. The highest BCUT2D eigenvalue weighted by Crippen LogP contribution is 2.21. The summed E-state index contributed by atoms with van der Waals surface area (Å²) in [7, 11) is 1.71. The summed E-state index contributed by atoms with van der Waals surface area (Å²) in [5, 5.41) is 0.855. The van der Waals surface area contributed by atoms with E-state index in [0.29, 0.717) is 0 Å². The molecule has 0 heterocycles. The molecule has 0 unspecified atom stereocenters. The molecule has 19 heavy (non-hydrogen) atoms. The van der Waals surface area contributed by atoms with Crippen LogP contribution in [0.1, 0.15) is 17.5 Å². The van der Waals surface area contributed by atoms with Gasteiger partial charge in [-0.2, -0.15) is 0 Å². The van der Waals surface area contributed by atoms with E-state index in [1.54, 1.807) is 7.11 Å². The van der Waals surface area contributed by atoms with E-state index in [4.69, 9.17) is 16.3 Å². The largest absolute Gasteiger partial charge is 0.496 e. The molecule has 99 valence electrons. The van der Waals surface area contributed by atoms with Gasteiger partial charge in [0, 0.05) is 5.02 Å².